The Morgan fingerprint density at radius 3 is 2.61 bits per heavy atom. The Morgan fingerprint density at radius 2 is 1.88 bits per heavy atom. The predicted molar refractivity (Wildman–Crippen MR) is 119 cm³/mol. The monoisotopic (exact) mass is 452 g/mol. The molecule has 9 heteroatoms. The zero-order chi connectivity index (χ0) is 23.6. The van der Waals surface area contributed by atoms with Gasteiger partial charge in [0, 0.05) is 29.5 Å². The second kappa shape index (κ2) is 9.40. The number of benzene rings is 2. The number of nitrogens with one attached hydrogen (secondary N) is 2. The summed E-state index contributed by atoms with van der Waals surface area (Å²) in [6.07, 6.45) is 0.759. The summed E-state index contributed by atoms with van der Waals surface area (Å²) < 4.78 is 0. The molecule has 0 spiro atoms. The summed E-state index contributed by atoms with van der Waals surface area (Å²) in [6.45, 7) is 7.78. The maximum atomic E-state index is 12.7. The largest absolute Gasteiger partial charge is 0.345 e. The number of hydrogen-bond donors (Lipinski definition) is 2. The number of nitrogens with zero attached hydrogens (tertiary/aromatic N) is 2. The van der Waals surface area contributed by atoms with Crippen molar-refractivity contribution in [3.63, 3.8) is 0 Å². The van der Waals surface area contributed by atoms with E-state index in [1.807, 2.05) is 18.2 Å². The van der Waals surface area contributed by atoms with Crippen LogP contribution in [0.25, 0.3) is 0 Å². The number of carbonyl (C=O) groups excluding carboxylic acids is 3. The van der Waals surface area contributed by atoms with Crippen molar-refractivity contribution in [3.8, 4) is 0 Å². The topological polar surface area (TPSA) is 100 Å². The Kier molecular flexibility index (Phi) is 6.57. The molecule has 1 fully saturated rings. The molecule has 1 saturated heterocycles. The molecule has 2 aliphatic rings. The molecule has 0 bridgehead atoms. The average Bonchev–Trinajstić information content (AvgIpc) is 2.96. The van der Waals surface area contributed by atoms with E-state index in [9.17, 15) is 14.4 Å². The molecule has 9 nitrogen and oxygen atoms in total. The fourth-order valence-corrected chi connectivity index (χ4v) is 3.68. The van der Waals surface area contributed by atoms with Gasteiger partial charge in [-0.1, -0.05) is 57.2 Å². The van der Waals surface area contributed by atoms with Crippen LogP contribution in [0.5, 0.6) is 0 Å². The fourth-order valence-electron chi connectivity index (χ4n) is 3.68. The van der Waals surface area contributed by atoms with Crippen molar-refractivity contribution in [2.24, 2.45) is 0 Å². The molecule has 0 radical (unpaired) electrons. The number of rotatable bonds is 5. The Bertz CT molecular complexity index is 1050. The van der Waals surface area contributed by atoms with Gasteiger partial charge in [-0.25, -0.2) is 15.3 Å². The number of fused-ring (bicyclic) bond motifs is 1. The normalized spacial score (nSPS) is 16.9. The molecule has 0 atom stereocenters. The van der Waals surface area contributed by atoms with Crippen molar-refractivity contribution in [2.45, 2.75) is 45.7 Å². The van der Waals surface area contributed by atoms with E-state index in [2.05, 4.69) is 31.5 Å². The number of Topliss-reactive ketones (excluding diaryl/α,β-unsaturated/α-hetero) is 1. The van der Waals surface area contributed by atoms with E-state index in [4.69, 9.17) is 9.88 Å². The minimum Gasteiger partial charge on any atom is -0.345 e. The first-order valence-corrected chi connectivity index (χ1v) is 10.9. The molecule has 2 N–H and O–H groups in total. The molecule has 0 saturated carbocycles. The summed E-state index contributed by atoms with van der Waals surface area (Å²) >= 11 is 0. The predicted octanol–water partition coefficient (Wildman–Crippen LogP) is 2.43. The van der Waals surface area contributed by atoms with Gasteiger partial charge in [-0.15, -0.1) is 4.99 Å². The van der Waals surface area contributed by atoms with Crippen molar-refractivity contribution in [1.82, 2.24) is 21.0 Å². The van der Waals surface area contributed by atoms with Crippen LogP contribution in [-0.4, -0.2) is 41.0 Å². The molecule has 2 amide bonds. The van der Waals surface area contributed by atoms with Gasteiger partial charge in [0.1, 0.15) is 0 Å². The van der Waals surface area contributed by atoms with Crippen LogP contribution >= 0.6 is 0 Å². The number of ketones is 1. The lowest BCUT2D eigenvalue weighted by molar-refractivity contribution is -0.479. The Morgan fingerprint density at radius 1 is 1.12 bits per heavy atom. The van der Waals surface area contributed by atoms with Gasteiger partial charge in [0.15, 0.2) is 0 Å². The molecule has 0 unspecified atom stereocenters. The summed E-state index contributed by atoms with van der Waals surface area (Å²) in [5.41, 5.74) is 6.52. The summed E-state index contributed by atoms with van der Waals surface area (Å²) in [7, 11) is 0. The summed E-state index contributed by atoms with van der Waals surface area (Å²) in [4.78, 5) is 47.8. The molecule has 174 valence electrons. The van der Waals surface area contributed by atoms with Crippen molar-refractivity contribution < 1.29 is 24.3 Å². The lowest BCUT2D eigenvalue weighted by Gasteiger charge is -2.26. The lowest BCUT2D eigenvalue weighted by atomic mass is 9.86. The van der Waals surface area contributed by atoms with Gasteiger partial charge in [0.25, 0.3) is 11.8 Å². The first-order valence-electron chi connectivity index (χ1n) is 10.9. The minimum absolute atomic E-state index is 0.0310. The van der Waals surface area contributed by atoms with Gasteiger partial charge in [-0.05, 0) is 34.6 Å². The lowest BCUT2D eigenvalue weighted by Crippen LogP contribution is -2.50. The van der Waals surface area contributed by atoms with Crippen molar-refractivity contribution in [3.05, 3.63) is 70.3 Å². The number of amides is 2. The molecular formula is C24H28N4O5. The van der Waals surface area contributed by atoms with E-state index >= 15 is 0 Å². The first-order chi connectivity index (χ1) is 15.7. The highest BCUT2D eigenvalue weighted by atomic mass is 17.3. The first kappa shape index (κ1) is 23.1. The number of hydrazine groups is 2. The maximum absolute atomic E-state index is 12.7. The van der Waals surface area contributed by atoms with E-state index in [1.165, 1.54) is 10.3 Å². The van der Waals surface area contributed by atoms with Crippen molar-refractivity contribution in [2.75, 3.05) is 13.2 Å². The van der Waals surface area contributed by atoms with Crippen LogP contribution in [0.1, 0.15) is 64.6 Å². The maximum Gasteiger partial charge on any atom is 0.292 e. The van der Waals surface area contributed by atoms with Crippen LogP contribution in [0.2, 0.25) is 0 Å². The van der Waals surface area contributed by atoms with Gasteiger partial charge >= 0.3 is 0 Å². The molecule has 0 aliphatic carbocycles. The van der Waals surface area contributed by atoms with E-state index in [1.54, 1.807) is 24.3 Å². The second-order valence-corrected chi connectivity index (χ2v) is 9.12. The average molecular weight is 453 g/mol. The zero-order valence-corrected chi connectivity index (χ0v) is 19.0. The number of hydrogen-bond acceptors (Lipinski definition) is 7. The van der Waals surface area contributed by atoms with Gasteiger partial charge in [-0.3, -0.25) is 14.4 Å². The van der Waals surface area contributed by atoms with E-state index in [-0.39, 0.29) is 17.9 Å². The highest BCUT2D eigenvalue weighted by Crippen LogP contribution is 2.26. The Hall–Kier alpha value is -3.11. The van der Waals surface area contributed by atoms with Crippen molar-refractivity contribution in [1.29, 1.82) is 0 Å². The third kappa shape index (κ3) is 5.12. The van der Waals surface area contributed by atoms with Crippen LogP contribution in [-0.2, 0) is 33.2 Å². The molecular weight excluding hydrogens is 424 g/mol. The number of carbonyl (C=O) groups is 3. The third-order valence-electron chi connectivity index (χ3n) is 5.62. The van der Waals surface area contributed by atoms with Crippen LogP contribution < -0.4 is 10.7 Å². The van der Waals surface area contributed by atoms with Crippen LogP contribution in [0, 0.1) is 0 Å². The standard InChI is InChI=1S/C24H28N4O5/c1-24(2,3)19-8-6-17(7-9-19)21(29)22(30)25-14-16-5-10-20-18(13-16)15-27(23(20)31)28-26-11-4-12-32-33-28/h5-10,13,26H,4,11-12,14-15H2,1-3H3,(H,25,30). The highest BCUT2D eigenvalue weighted by molar-refractivity contribution is 6.42. The van der Waals surface area contributed by atoms with Gasteiger partial charge in [0.2, 0.25) is 5.78 Å². The van der Waals surface area contributed by atoms with Crippen molar-refractivity contribution >= 4 is 17.6 Å². The molecule has 2 aliphatic heterocycles. The van der Waals surface area contributed by atoms with Crippen LogP contribution in [0.3, 0.4) is 0 Å². The SMILES string of the molecule is CC(C)(C)c1ccc(C(=O)C(=O)NCc2ccc3c(c2)CN(N2NCCCOO2)C3=O)cc1. The fraction of sp³-hybridized carbons (Fsp3) is 0.375. The molecule has 2 heterocycles. The quantitative estimate of drug-likeness (QED) is 0.408. The summed E-state index contributed by atoms with van der Waals surface area (Å²) in [5.74, 6) is -1.47. The van der Waals surface area contributed by atoms with Gasteiger partial charge < -0.3 is 5.32 Å². The Balaban J connectivity index is 1.37. The van der Waals surface area contributed by atoms with Crippen LogP contribution in [0.4, 0.5) is 0 Å². The van der Waals surface area contributed by atoms with E-state index in [0.29, 0.717) is 30.8 Å². The molecule has 0 aromatic heterocycles. The van der Waals surface area contributed by atoms with Gasteiger partial charge in [-0.2, -0.15) is 0 Å². The van der Waals surface area contributed by atoms with Crippen LogP contribution in [0.15, 0.2) is 42.5 Å². The smallest absolute Gasteiger partial charge is 0.292 e. The van der Waals surface area contributed by atoms with Gasteiger partial charge in [0.05, 0.1) is 13.2 Å². The van der Waals surface area contributed by atoms with E-state index < -0.39 is 11.7 Å². The van der Waals surface area contributed by atoms with E-state index in [0.717, 1.165) is 23.1 Å². The molecule has 2 aromatic rings. The molecule has 2 aromatic carbocycles. The highest BCUT2D eigenvalue weighted by Gasteiger charge is 2.34. The zero-order valence-electron chi connectivity index (χ0n) is 19.0. The Labute approximate surface area is 192 Å². The second-order valence-electron chi connectivity index (χ2n) is 9.12. The summed E-state index contributed by atoms with van der Waals surface area (Å²) in [6, 6.07) is 12.4. The summed E-state index contributed by atoms with van der Waals surface area (Å²) in [5, 5.41) is 5.29. The molecule has 4 rings (SSSR count). The third-order valence-corrected chi connectivity index (χ3v) is 5.62. The minimum atomic E-state index is -0.670. The molecule has 33 heavy (non-hydrogen) atoms.